The lowest BCUT2D eigenvalue weighted by molar-refractivity contribution is -0.149. The Morgan fingerprint density at radius 3 is 1.90 bits per heavy atom. The van der Waals surface area contributed by atoms with Gasteiger partial charge in [-0.15, -0.1) is 0 Å². The number of ether oxygens (including phenoxy) is 5. The van der Waals surface area contributed by atoms with Gasteiger partial charge >= 0.3 is 0 Å². The minimum Gasteiger partial charge on any atom is -0.379 e. The molecule has 2 fully saturated rings. The second-order valence-corrected chi connectivity index (χ2v) is 21.8. The molecule has 1 saturated heterocycles. The Hall–Kier alpha value is -3.60. The average molecular weight is 1010 g/mol. The molecule has 1 aromatic carbocycles. The van der Waals surface area contributed by atoms with Crippen LogP contribution in [0.1, 0.15) is 92.6 Å². The Morgan fingerprint density at radius 1 is 0.771 bits per heavy atom. The van der Waals surface area contributed by atoms with Gasteiger partial charge in [0.15, 0.2) is 5.78 Å². The van der Waals surface area contributed by atoms with Gasteiger partial charge in [0.2, 0.25) is 27.7 Å². The maximum atomic E-state index is 14.6. The number of nitrogens with one attached hydrogen (secondary N) is 2. The molecule has 400 valence electrons. The van der Waals surface area contributed by atoms with Gasteiger partial charge in [0.25, 0.3) is 5.91 Å². The number of amides is 4. The molecule has 2 aliphatic rings. The summed E-state index contributed by atoms with van der Waals surface area (Å²) in [6, 6.07) is 6.36. The SMILES string of the molecule is CO[C@H]([C@@H](C)C(=O)N[C@@H](Cc1ccccc1)C(=O)NS(=O)(=O)C1CC1)[C@@H]1CCCN1C(=O)C[C@@H](OC)[C@H](C(C)C)N(C)C(=O)[C@@H](CC(=O)[C@H](C(C)C)N(C)CCOCCOCCOCCON)C(C)C. The number of carbonyl (C=O) groups is 5. The summed E-state index contributed by atoms with van der Waals surface area (Å²) in [7, 11) is 2.73. The molecule has 1 heterocycles. The van der Waals surface area contributed by atoms with Crippen molar-refractivity contribution in [3.8, 4) is 0 Å². The molecule has 0 unspecified atom stereocenters. The molecule has 1 saturated carbocycles. The third kappa shape index (κ3) is 18.8. The van der Waals surface area contributed by atoms with Crippen LogP contribution in [0.3, 0.4) is 0 Å². The van der Waals surface area contributed by atoms with Gasteiger partial charge in [-0.1, -0.05) is 78.8 Å². The zero-order chi connectivity index (χ0) is 52.1. The average Bonchev–Trinajstić information content (AvgIpc) is 4.07. The number of Topliss-reactive ketones (excluding diaryl/α,β-unsaturated/α-hetero) is 1. The minimum atomic E-state index is -3.87. The number of methoxy groups -OCH3 is 2. The molecular formula is C50H86N6O13S. The fourth-order valence-electron chi connectivity index (χ4n) is 9.56. The van der Waals surface area contributed by atoms with E-state index >= 15 is 0 Å². The van der Waals surface area contributed by atoms with E-state index in [1.54, 1.807) is 48.0 Å². The highest BCUT2D eigenvalue weighted by atomic mass is 32.2. The molecule has 8 atom stereocenters. The summed E-state index contributed by atoms with van der Waals surface area (Å²) in [5, 5.41) is 2.17. The van der Waals surface area contributed by atoms with Crippen LogP contribution in [0.4, 0.5) is 0 Å². The van der Waals surface area contributed by atoms with Gasteiger partial charge in [-0.05, 0) is 56.0 Å². The Kier molecular flexibility index (Phi) is 26.4. The molecule has 4 amide bonds. The van der Waals surface area contributed by atoms with Crippen LogP contribution in [-0.2, 0) is 68.9 Å². The number of sulfonamides is 1. The standard InChI is InChI=1S/C50H86N6O13S/c1-33(2)39(31-42(57)45(34(3)4)54(8)22-23-66-24-25-67-26-27-68-28-29-69-51)50(61)55(9)46(35(5)6)43(64-10)32-44(58)56-21-15-18-41(56)47(65-11)36(7)48(59)52-40(30-37-16-13-12-14-17-37)49(60)53-70(62,63)38-19-20-38/h12-14,16-17,33-36,38-41,43,45-47H,15,18-32,51H2,1-11H3,(H,52,59)(H,53,60)/t36-,39+,40+,41+,43-,45+,46+,47-/m1/s1. The van der Waals surface area contributed by atoms with Crippen LogP contribution >= 0.6 is 0 Å². The number of rotatable bonds is 35. The van der Waals surface area contributed by atoms with E-state index in [1.165, 1.54) is 14.2 Å². The summed E-state index contributed by atoms with van der Waals surface area (Å²) in [4.78, 5) is 80.4. The molecule has 0 aromatic heterocycles. The third-order valence-corrected chi connectivity index (χ3v) is 15.3. The number of ketones is 1. The zero-order valence-corrected chi connectivity index (χ0v) is 44.6. The Balaban J connectivity index is 1.67. The highest BCUT2D eigenvalue weighted by Crippen LogP contribution is 2.31. The van der Waals surface area contributed by atoms with Crippen molar-refractivity contribution in [2.75, 3.05) is 87.7 Å². The summed E-state index contributed by atoms with van der Waals surface area (Å²) < 4.78 is 56.3. The van der Waals surface area contributed by atoms with Gasteiger partial charge in [-0.25, -0.2) is 14.3 Å². The van der Waals surface area contributed by atoms with Gasteiger partial charge in [-0.3, -0.25) is 33.6 Å². The van der Waals surface area contributed by atoms with E-state index in [1.807, 2.05) is 59.6 Å². The Bertz CT molecular complexity index is 1870. The first-order chi connectivity index (χ1) is 33.2. The highest BCUT2D eigenvalue weighted by Gasteiger charge is 2.44. The van der Waals surface area contributed by atoms with Crippen molar-refractivity contribution in [1.29, 1.82) is 0 Å². The van der Waals surface area contributed by atoms with Crippen molar-refractivity contribution >= 4 is 39.4 Å². The maximum Gasteiger partial charge on any atom is 0.256 e. The normalized spacial score (nSPS) is 18.4. The van der Waals surface area contributed by atoms with E-state index in [2.05, 4.69) is 14.9 Å². The summed E-state index contributed by atoms with van der Waals surface area (Å²) in [6.07, 6.45) is 0.739. The molecule has 0 spiro atoms. The van der Waals surface area contributed by atoms with E-state index in [0.717, 1.165) is 5.56 Å². The van der Waals surface area contributed by atoms with E-state index in [9.17, 15) is 32.4 Å². The van der Waals surface area contributed by atoms with Crippen LogP contribution in [0.2, 0.25) is 0 Å². The summed E-state index contributed by atoms with van der Waals surface area (Å²) >= 11 is 0. The molecule has 1 aliphatic heterocycles. The molecule has 4 N–H and O–H groups in total. The van der Waals surface area contributed by atoms with E-state index in [0.29, 0.717) is 85.0 Å². The molecule has 20 heteroatoms. The number of hydrogen-bond acceptors (Lipinski definition) is 15. The molecule has 0 bridgehead atoms. The number of nitrogens with two attached hydrogens (primary N) is 1. The van der Waals surface area contributed by atoms with Crippen molar-refractivity contribution < 1.29 is 60.9 Å². The first-order valence-corrected chi connectivity index (χ1v) is 26.5. The Labute approximate surface area is 417 Å². The fourth-order valence-corrected chi connectivity index (χ4v) is 10.9. The second-order valence-electron chi connectivity index (χ2n) is 19.8. The Morgan fingerprint density at radius 2 is 1.37 bits per heavy atom. The molecule has 0 radical (unpaired) electrons. The van der Waals surface area contributed by atoms with Gasteiger partial charge in [0, 0.05) is 53.1 Å². The number of benzene rings is 1. The lowest BCUT2D eigenvalue weighted by atomic mass is 9.84. The molecule has 3 rings (SSSR count). The van der Waals surface area contributed by atoms with Crippen molar-refractivity contribution in [2.24, 2.45) is 35.5 Å². The fraction of sp³-hybridized carbons (Fsp3) is 0.780. The summed E-state index contributed by atoms with van der Waals surface area (Å²) in [5.74, 6) is 1.39. The quantitative estimate of drug-likeness (QED) is 0.0655. The number of carbonyl (C=O) groups excluding carboxylic acids is 5. The second kappa shape index (κ2) is 30.4. The first-order valence-electron chi connectivity index (χ1n) is 25.0. The lowest BCUT2D eigenvalue weighted by Gasteiger charge is -2.40. The van der Waals surface area contributed by atoms with Crippen LogP contribution in [-0.4, -0.2) is 182 Å². The number of nitrogens with zero attached hydrogens (tertiary/aromatic N) is 3. The first kappa shape index (κ1) is 60.7. The van der Waals surface area contributed by atoms with Crippen molar-refractivity contribution in [3.63, 3.8) is 0 Å². The minimum absolute atomic E-state index is 0.0243. The lowest BCUT2D eigenvalue weighted by Crippen LogP contribution is -2.55. The van der Waals surface area contributed by atoms with Gasteiger partial charge in [-0.2, -0.15) is 0 Å². The monoisotopic (exact) mass is 1010 g/mol. The molecule has 1 aliphatic carbocycles. The maximum absolute atomic E-state index is 14.6. The topological polar surface area (TPSA) is 235 Å². The number of likely N-dealkylation sites (N-methyl/N-ethyl adjacent to an activating group) is 2. The van der Waals surface area contributed by atoms with E-state index < -0.39 is 75.3 Å². The third-order valence-electron chi connectivity index (χ3n) is 13.5. The van der Waals surface area contributed by atoms with Crippen LogP contribution < -0.4 is 15.9 Å². The van der Waals surface area contributed by atoms with Gasteiger partial charge in [0.05, 0.1) is 94.2 Å². The van der Waals surface area contributed by atoms with Crippen LogP contribution in [0.25, 0.3) is 0 Å². The number of hydrogen-bond donors (Lipinski definition) is 3. The predicted molar refractivity (Wildman–Crippen MR) is 265 cm³/mol. The van der Waals surface area contributed by atoms with E-state index in [-0.39, 0.29) is 54.6 Å². The van der Waals surface area contributed by atoms with Gasteiger partial charge in [0.1, 0.15) is 6.04 Å². The van der Waals surface area contributed by atoms with Crippen molar-refractivity contribution in [1.82, 2.24) is 24.7 Å². The van der Waals surface area contributed by atoms with Crippen LogP contribution in [0.15, 0.2) is 30.3 Å². The predicted octanol–water partition coefficient (Wildman–Crippen LogP) is 2.98. The largest absolute Gasteiger partial charge is 0.379 e. The smallest absolute Gasteiger partial charge is 0.256 e. The van der Waals surface area contributed by atoms with Crippen LogP contribution in [0, 0.1) is 29.6 Å². The van der Waals surface area contributed by atoms with Crippen LogP contribution in [0.5, 0.6) is 0 Å². The van der Waals surface area contributed by atoms with Gasteiger partial charge < -0.3 is 43.6 Å². The van der Waals surface area contributed by atoms with Crippen molar-refractivity contribution in [3.05, 3.63) is 35.9 Å². The zero-order valence-electron chi connectivity index (χ0n) is 43.8. The molecule has 70 heavy (non-hydrogen) atoms. The highest BCUT2D eigenvalue weighted by molar-refractivity contribution is 7.90. The number of likely N-dealkylation sites (tertiary alicyclic amines) is 1. The molecule has 19 nitrogen and oxygen atoms in total. The molecule has 1 aromatic rings. The summed E-state index contributed by atoms with van der Waals surface area (Å²) in [5.41, 5.74) is 0.733. The van der Waals surface area contributed by atoms with E-state index in [4.69, 9.17) is 29.6 Å². The molecular weight excluding hydrogens is 925 g/mol. The van der Waals surface area contributed by atoms with Crippen molar-refractivity contribution in [2.45, 2.75) is 135 Å². The summed E-state index contributed by atoms with van der Waals surface area (Å²) in [6.45, 7) is 17.1.